The lowest BCUT2D eigenvalue weighted by Gasteiger charge is -1.95. The molecule has 0 aliphatic carbocycles. The van der Waals surface area contributed by atoms with Gasteiger partial charge in [0.2, 0.25) is 0 Å². The third-order valence-electron chi connectivity index (χ3n) is 0.932. The van der Waals surface area contributed by atoms with E-state index < -0.39 is 0 Å². The minimum absolute atomic E-state index is 0.753. The number of ether oxygens (including phenoxy) is 1. The second kappa shape index (κ2) is 4.79. The second-order valence-corrected chi connectivity index (χ2v) is 1.89. The Bertz CT molecular complexity index is 168. The van der Waals surface area contributed by atoms with Gasteiger partial charge in [0.1, 0.15) is 5.76 Å². The van der Waals surface area contributed by atoms with Crippen molar-refractivity contribution in [3.8, 4) is 0 Å². The lowest BCUT2D eigenvalue weighted by Crippen LogP contribution is -1.86. The Labute approximate surface area is 61.9 Å². The van der Waals surface area contributed by atoms with E-state index >= 15 is 0 Å². The van der Waals surface area contributed by atoms with Crippen molar-refractivity contribution in [3.05, 3.63) is 24.1 Å². The molecule has 0 aromatic carbocycles. The van der Waals surface area contributed by atoms with Crippen LogP contribution in [0.5, 0.6) is 0 Å². The van der Waals surface area contributed by atoms with Crippen molar-refractivity contribution in [2.24, 2.45) is 4.99 Å². The van der Waals surface area contributed by atoms with Crippen LogP contribution >= 0.6 is 0 Å². The van der Waals surface area contributed by atoms with E-state index in [9.17, 15) is 0 Å². The lowest BCUT2D eigenvalue weighted by atomic mass is 10.5. The Morgan fingerprint density at radius 1 is 1.60 bits per heavy atom. The molecule has 0 aliphatic heterocycles. The van der Waals surface area contributed by atoms with E-state index in [-0.39, 0.29) is 0 Å². The van der Waals surface area contributed by atoms with Crippen LogP contribution < -0.4 is 0 Å². The summed E-state index contributed by atoms with van der Waals surface area (Å²) < 4.78 is 4.92. The average Bonchev–Trinajstić information content (AvgIpc) is 1.90. The van der Waals surface area contributed by atoms with Crippen molar-refractivity contribution < 1.29 is 4.74 Å². The predicted octanol–water partition coefficient (Wildman–Crippen LogP) is 2.14. The first kappa shape index (κ1) is 8.95. The van der Waals surface area contributed by atoms with Crippen LogP contribution in [0.1, 0.15) is 13.8 Å². The molecule has 0 atom stereocenters. The van der Waals surface area contributed by atoms with Gasteiger partial charge in [-0.3, -0.25) is 4.99 Å². The van der Waals surface area contributed by atoms with Crippen LogP contribution in [0.25, 0.3) is 0 Å². The summed E-state index contributed by atoms with van der Waals surface area (Å²) in [6, 6.07) is 0. The quantitative estimate of drug-likeness (QED) is 0.433. The van der Waals surface area contributed by atoms with Gasteiger partial charge in [-0.25, -0.2) is 0 Å². The zero-order valence-electron chi connectivity index (χ0n) is 6.72. The molecule has 0 N–H and O–H groups in total. The number of hydrogen-bond donors (Lipinski definition) is 0. The molecule has 0 heterocycles. The molecule has 0 aliphatic rings. The largest absolute Gasteiger partial charge is 0.495 e. The summed E-state index contributed by atoms with van der Waals surface area (Å²) in [5, 5.41) is 0. The molecule has 10 heavy (non-hydrogen) atoms. The molecule has 0 amide bonds. The van der Waals surface area contributed by atoms with Crippen molar-refractivity contribution in [2.75, 3.05) is 7.11 Å². The molecule has 2 heteroatoms. The fourth-order valence-electron chi connectivity index (χ4n) is 0.419. The minimum atomic E-state index is 0.753. The standard InChI is InChI=1S/C8H13NO/c1-5-8(10-4)6-9-7(2)3/h5-6H,2H2,1,3-4H3/b8-5+,9-6?. The summed E-state index contributed by atoms with van der Waals surface area (Å²) in [5.74, 6) is 0.753. The molecule has 0 spiro atoms. The predicted molar refractivity (Wildman–Crippen MR) is 44.1 cm³/mol. The number of allylic oxidation sites excluding steroid dienone is 3. The van der Waals surface area contributed by atoms with E-state index in [1.165, 1.54) is 0 Å². The molecule has 0 aromatic rings. The van der Waals surface area contributed by atoms with Crippen LogP contribution in [0, 0.1) is 0 Å². The van der Waals surface area contributed by atoms with Crippen LogP contribution in [0.15, 0.2) is 29.1 Å². The monoisotopic (exact) mass is 139 g/mol. The van der Waals surface area contributed by atoms with E-state index in [1.807, 2.05) is 19.9 Å². The molecular weight excluding hydrogens is 126 g/mol. The SMILES string of the molecule is C=C(C)N=C/C(=C\C)OC. The normalized spacial score (nSPS) is 12.1. The molecule has 0 fully saturated rings. The Hall–Kier alpha value is -1.05. The van der Waals surface area contributed by atoms with Gasteiger partial charge in [0.05, 0.1) is 13.3 Å². The molecule has 0 radical (unpaired) electrons. The van der Waals surface area contributed by atoms with Gasteiger partial charge >= 0.3 is 0 Å². The van der Waals surface area contributed by atoms with Gasteiger partial charge in [0, 0.05) is 5.70 Å². The van der Waals surface area contributed by atoms with Crippen molar-refractivity contribution in [1.82, 2.24) is 0 Å². The maximum atomic E-state index is 4.92. The minimum Gasteiger partial charge on any atom is -0.495 e. The molecule has 56 valence electrons. The molecule has 0 bridgehead atoms. The topological polar surface area (TPSA) is 21.6 Å². The first-order valence-electron chi connectivity index (χ1n) is 3.10. The molecule has 0 rings (SSSR count). The molecule has 0 aromatic heterocycles. The third-order valence-corrected chi connectivity index (χ3v) is 0.932. The Balaban J connectivity index is 3.98. The zero-order valence-corrected chi connectivity index (χ0v) is 6.72. The van der Waals surface area contributed by atoms with E-state index in [2.05, 4.69) is 11.6 Å². The summed E-state index contributed by atoms with van der Waals surface area (Å²) >= 11 is 0. The van der Waals surface area contributed by atoms with Crippen molar-refractivity contribution >= 4 is 6.21 Å². The molecule has 0 unspecified atom stereocenters. The van der Waals surface area contributed by atoms with Gasteiger partial charge in [0.15, 0.2) is 0 Å². The molecular formula is C8H13NO. The molecule has 0 saturated carbocycles. The Kier molecular flexibility index (Phi) is 4.29. The highest BCUT2D eigenvalue weighted by molar-refractivity contribution is 5.76. The lowest BCUT2D eigenvalue weighted by molar-refractivity contribution is 0.316. The number of aliphatic imine (C=N–C) groups is 1. The summed E-state index contributed by atoms with van der Waals surface area (Å²) in [7, 11) is 1.61. The number of nitrogens with zero attached hydrogens (tertiary/aromatic N) is 1. The van der Waals surface area contributed by atoms with Crippen molar-refractivity contribution in [2.45, 2.75) is 13.8 Å². The van der Waals surface area contributed by atoms with Gasteiger partial charge in [-0.05, 0) is 19.9 Å². The summed E-state index contributed by atoms with van der Waals surface area (Å²) in [5.41, 5.74) is 0.774. The highest BCUT2D eigenvalue weighted by Crippen LogP contribution is 1.93. The number of methoxy groups -OCH3 is 1. The fraction of sp³-hybridized carbons (Fsp3) is 0.375. The molecule has 2 nitrogen and oxygen atoms in total. The van der Waals surface area contributed by atoms with Crippen LogP contribution in [0.4, 0.5) is 0 Å². The highest BCUT2D eigenvalue weighted by Gasteiger charge is 1.84. The summed E-state index contributed by atoms with van der Waals surface area (Å²) in [6.45, 7) is 7.34. The van der Waals surface area contributed by atoms with Gasteiger partial charge < -0.3 is 4.74 Å². The van der Waals surface area contributed by atoms with Crippen molar-refractivity contribution in [3.63, 3.8) is 0 Å². The van der Waals surface area contributed by atoms with Gasteiger partial charge in [0.25, 0.3) is 0 Å². The maximum Gasteiger partial charge on any atom is 0.132 e. The number of rotatable bonds is 3. The van der Waals surface area contributed by atoms with Crippen molar-refractivity contribution in [1.29, 1.82) is 0 Å². The third kappa shape index (κ3) is 3.89. The average molecular weight is 139 g/mol. The van der Waals surface area contributed by atoms with Gasteiger partial charge in [-0.2, -0.15) is 0 Å². The smallest absolute Gasteiger partial charge is 0.132 e. The molecule has 0 saturated heterocycles. The van der Waals surface area contributed by atoms with E-state index in [4.69, 9.17) is 4.74 Å². The van der Waals surface area contributed by atoms with Crippen LogP contribution in [0.3, 0.4) is 0 Å². The fourth-order valence-corrected chi connectivity index (χ4v) is 0.419. The van der Waals surface area contributed by atoms with Gasteiger partial charge in [-0.15, -0.1) is 0 Å². The number of hydrogen-bond acceptors (Lipinski definition) is 2. The van der Waals surface area contributed by atoms with E-state index in [0.717, 1.165) is 11.5 Å². The van der Waals surface area contributed by atoms with E-state index in [0.29, 0.717) is 0 Å². The summed E-state index contributed by atoms with van der Waals surface area (Å²) in [4.78, 5) is 3.95. The summed E-state index contributed by atoms with van der Waals surface area (Å²) in [6.07, 6.45) is 3.48. The van der Waals surface area contributed by atoms with Crippen LogP contribution in [-0.4, -0.2) is 13.3 Å². The van der Waals surface area contributed by atoms with E-state index in [1.54, 1.807) is 13.3 Å². The Morgan fingerprint density at radius 2 is 2.20 bits per heavy atom. The maximum absolute atomic E-state index is 4.92. The second-order valence-electron chi connectivity index (χ2n) is 1.89. The first-order valence-corrected chi connectivity index (χ1v) is 3.10. The highest BCUT2D eigenvalue weighted by atomic mass is 16.5. The zero-order chi connectivity index (χ0) is 7.98. The van der Waals surface area contributed by atoms with Crippen LogP contribution in [0.2, 0.25) is 0 Å². The van der Waals surface area contributed by atoms with Crippen LogP contribution in [-0.2, 0) is 4.74 Å². The van der Waals surface area contributed by atoms with Gasteiger partial charge in [-0.1, -0.05) is 6.58 Å². The Morgan fingerprint density at radius 3 is 2.50 bits per heavy atom. The first-order chi connectivity index (χ1) is 4.70.